The van der Waals surface area contributed by atoms with Crippen LogP contribution in [0.5, 0.6) is 0 Å². The molecule has 0 aliphatic carbocycles. The van der Waals surface area contributed by atoms with E-state index in [2.05, 4.69) is 24.3 Å². The lowest BCUT2D eigenvalue weighted by Crippen LogP contribution is -2.32. The SMILES string of the molecule is N[C@@H]1CCN(C(=O)Cc2ccc3ccccc3c2)C1. The Morgan fingerprint density at radius 3 is 2.74 bits per heavy atom. The van der Waals surface area contributed by atoms with Crippen molar-refractivity contribution in [2.24, 2.45) is 5.73 Å². The Bertz CT molecular complexity index is 608. The Hall–Kier alpha value is -1.87. The highest BCUT2D eigenvalue weighted by Crippen LogP contribution is 2.17. The van der Waals surface area contributed by atoms with E-state index < -0.39 is 0 Å². The molecular formula is C16H18N2O. The molecule has 2 aromatic rings. The van der Waals surface area contributed by atoms with E-state index in [-0.39, 0.29) is 11.9 Å². The molecular weight excluding hydrogens is 236 g/mol. The topological polar surface area (TPSA) is 46.3 Å². The summed E-state index contributed by atoms with van der Waals surface area (Å²) in [6.07, 6.45) is 1.39. The first-order chi connectivity index (χ1) is 9.22. The quantitative estimate of drug-likeness (QED) is 0.890. The number of rotatable bonds is 2. The summed E-state index contributed by atoms with van der Waals surface area (Å²) in [5.74, 6) is 0.184. The van der Waals surface area contributed by atoms with E-state index in [1.165, 1.54) is 10.8 Å². The summed E-state index contributed by atoms with van der Waals surface area (Å²) in [5.41, 5.74) is 6.91. The summed E-state index contributed by atoms with van der Waals surface area (Å²) in [7, 11) is 0. The van der Waals surface area contributed by atoms with Crippen LogP contribution in [0.25, 0.3) is 10.8 Å². The maximum atomic E-state index is 12.2. The van der Waals surface area contributed by atoms with Crippen molar-refractivity contribution in [2.45, 2.75) is 18.9 Å². The smallest absolute Gasteiger partial charge is 0.227 e. The van der Waals surface area contributed by atoms with E-state index in [0.717, 1.165) is 18.5 Å². The molecule has 0 aromatic heterocycles. The van der Waals surface area contributed by atoms with Gasteiger partial charge in [-0.2, -0.15) is 0 Å². The first-order valence-corrected chi connectivity index (χ1v) is 6.73. The fraction of sp³-hybridized carbons (Fsp3) is 0.312. The minimum Gasteiger partial charge on any atom is -0.341 e. The lowest BCUT2D eigenvalue weighted by Gasteiger charge is -2.15. The molecule has 2 N–H and O–H groups in total. The molecule has 1 saturated heterocycles. The van der Waals surface area contributed by atoms with Gasteiger partial charge in [-0.25, -0.2) is 0 Å². The van der Waals surface area contributed by atoms with Crippen LogP contribution in [0.1, 0.15) is 12.0 Å². The van der Waals surface area contributed by atoms with Gasteiger partial charge in [-0.3, -0.25) is 4.79 Å². The Morgan fingerprint density at radius 1 is 1.21 bits per heavy atom. The Balaban J connectivity index is 1.76. The summed E-state index contributed by atoms with van der Waals surface area (Å²) in [6.45, 7) is 1.50. The Labute approximate surface area is 113 Å². The molecule has 1 fully saturated rings. The molecule has 0 bridgehead atoms. The standard InChI is InChI=1S/C16H18N2O/c17-15-7-8-18(11-15)16(19)10-12-5-6-13-3-1-2-4-14(13)9-12/h1-6,9,15H,7-8,10-11,17H2/t15-/m1/s1. The van der Waals surface area contributed by atoms with Crippen LogP contribution in [0.15, 0.2) is 42.5 Å². The summed E-state index contributed by atoms with van der Waals surface area (Å²) >= 11 is 0. The van der Waals surface area contributed by atoms with Gasteiger partial charge in [0, 0.05) is 19.1 Å². The number of amides is 1. The summed E-state index contributed by atoms with van der Waals surface area (Å²) in [6, 6.07) is 14.6. The van der Waals surface area contributed by atoms with Crippen LogP contribution in [-0.4, -0.2) is 29.9 Å². The highest BCUT2D eigenvalue weighted by atomic mass is 16.2. The molecule has 2 aromatic carbocycles. The lowest BCUT2D eigenvalue weighted by molar-refractivity contribution is -0.129. The van der Waals surface area contributed by atoms with E-state index >= 15 is 0 Å². The highest BCUT2D eigenvalue weighted by Gasteiger charge is 2.23. The van der Waals surface area contributed by atoms with Gasteiger partial charge < -0.3 is 10.6 Å². The van der Waals surface area contributed by atoms with E-state index in [9.17, 15) is 4.79 Å². The van der Waals surface area contributed by atoms with Crippen molar-refractivity contribution in [3.8, 4) is 0 Å². The van der Waals surface area contributed by atoms with E-state index in [1.54, 1.807) is 0 Å². The normalized spacial score (nSPS) is 19.0. The second-order valence-corrected chi connectivity index (χ2v) is 5.25. The predicted molar refractivity (Wildman–Crippen MR) is 76.8 cm³/mol. The number of hydrogen-bond acceptors (Lipinski definition) is 2. The monoisotopic (exact) mass is 254 g/mol. The van der Waals surface area contributed by atoms with E-state index in [1.807, 2.05) is 23.1 Å². The molecule has 3 heteroatoms. The fourth-order valence-electron chi connectivity index (χ4n) is 2.65. The van der Waals surface area contributed by atoms with Gasteiger partial charge in [-0.15, -0.1) is 0 Å². The molecule has 1 aliphatic rings. The molecule has 0 radical (unpaired) electrons. The van der Waals surface area contributed by atoms with E-state index in [0.29, 0.717) is 13.0 Å². The van der Waals surface area contributed by atoms with Gasteiger partial charge in [0.2, 0.25) is 5.91 Å². The van der Waals surface area contributed by atoms with Crippen LogP contribution >= 0.6 is 0 Å². The van der Waals surface area contributed by atoms with Crippen LogP contribution in [-0.2, 0) is 11.2 Å². The van der Waals surface area contributed by atoms with Crippen LogP contribution in [0.4, 0.5) is 0 Å². The zero-order valence-electron chi connectivity index (χ0n) is 10.9. The number of hydrogen-bond donors (Lipinski definition) is 1. The Morgan fingerprint density at radius 2 is 2.00 bits per heavy atom. The molecule has 3 rings (SSSR count). The van der Waals surface area contributed by atoms with Gasteiger partial charge in [-0.1, -0.05) is 42.5 Å². The minimum absolute atomic E-state index is 0.153. The van der Waals surface area contributed by atoms with Crippen molar-refractivity contribution in [1.29, 1.82) is 0 Å². The van der Waals surface area contributed by atoms with Crippen LogP contribution in [0, 0.1) is 0 Å². The molecule has 1 amide bonds. The summed E-state index contributed by atoms with van der Waals surface area (Å²) in [5, 5.41) is 2.40. The average Bonchev–Trinajstić information content (AvgIpc) is 2.85. The third-order valence-corrected chi connectivity index (χ3v) is 3.75. The van der Waals surface area contributed by atoms with Gasteiger partial charge in [0.15, 0.2) is 0 Å². The van der Waals surface area contributed by atoms with Crippen LogP contribution in [0.3, 0.4) is 0 Å². The van der Waals surface area contributed by atoms with Crippen molar-refractivity contribution < 1.29 is 4.79 Å². The van der Waals surface area contributed by atoms with Gasteiger partial charge >= 0.3 is 0 Å². The second-order valence-electron chi connectivity index (χ2n) is 5.25. The first kappa shape index (κ1) is 12.2. The van der Waals surface area contributed by atoms with Crippen molar-refractivity contribution in [3.05, 3.63) is 48.0 Å². The van der Waals surface area contributed by atoms with Crippen molar-refractivity contribution in [2.75, 3.05) is 13.1 Å². The molecule has 1 heterocycles. The van der Waals surface area contributed by atoms with Gasteiger partial charge in [-0.05, 0) is 22.8 Å². The number of carbonyl (C=O) groups excluding carboxylic acids is 1. The fourth-order valence-corrected chi connectivity index (χ4v) is 2.65. The van der Waals surface area contributed by atoms with Crippen molar-refractivity contribution in [1.82, 2.24) is 4.90 Å². The zero-order valence-corrected chi connectivity index (χ0v) is 10.9. The largest absolute Gasteiger partial charge is 0.341 e. The number of likely N-dealkylation sites (tertiary alicyclic amines) is 1. The summed E-state index contributed by atoms with van der Waals surface area (Å²) in [4.78, 5) is 14.0. The second kappa shape index (κ2) is 5.02. The maximum Gasteiger partial charge on any atom is 0.227 e. The maximum absolute atomic E-state index is 12.2. The van der Waals surface area contributed by atoms with Gasteiger partial charge in [0.25, 0.3) is 0 Å². The molecule has 0 spiro atoms. The highest BCUT2D eigenvalue weighted by molar-refractivity contribution is 5.85. The molecule has 1 atom stereocenters. The number of nitrogens with zero attached hydrogens (tertiary/aromatic N) is 1. The van der Waals surface area contributed by atoms with Gasteiger partial charge in [0.1, 0.15) is 0 Å². The minimum atomic E-state index is 0.153. The molecule has 0 unspecified atom stereocenters. The number of carbonyl (C=O) groups is 1. The zero-order chi connectivity index (χ0) is 13.2. The molecule has 98 valence electrons. The average molecular weight is 254 g/mol. The van der Waals surface area contributed by atoms with E-state index in [4.69, 9.17) is 5.73 Å². The third kappa shape index (κ3) is 2.61. The lowest BCUT2D eigenvalue weighted by atomic mass is 10.0. The van der Waals surface area contributed by atoms with Crippen LogP contribution < -0.4 is 5.73 Å². The number of benzene rings is 2. The van der Waals surface area contributed by atoms with Crippen LogP contribution in [0.2, 0.25) is 0 Å². The molecule has 3 nitrogen and oxygen atoms in total. The molecule has 0 saturated carbocycles. The molecule has 1 aliphatic heterocycles. The summed E-state index contributed by atoms with van der Waals surface area (Å²) < 4.78 is 0. The number of nitrogens with two attached hydrogens (primary N) is 1. The number of fused-ring (bicyclic) bond motifs is 1. The van der Waals surface area contributed by atoms with Gasteiger partial charge in [0.05, 0.1) is 6.42 Å². The molecule has 19 heavy (non-hydrogen) atoms. The van der Waals surface area contributed by atoms with Crippen molar-refractivity contribution in [3.63, 3.8) is 0 Å². The first-order valence-electron chi connectivity index (χ1n) is 6.73. The van der Waals surface area contributed by atoms with Crippen molar-refractivity contribution >= 4 is 16.7 Å². The predicted octanol–water partition coefficient (Wildman–Crippen LogP) is 1.94. The third-order valence-electron chi connectivity index (χ3n) is 3.75. The Kier molecular flexibility index (Phi) is 3.22.